The van der Waals surface area contributed by atoms with Gasteiger partial charge in [0, 0.05) is 62.8 Å². The van der Waals surface area contributed by atoms with Crippen LogP contribution in [0.4, 0.5) is 19.7 Å². The van der Waals surface area contributed by atoms with Crippen molar-refractivity contribution in [1.82, 2.24) is 30.4 Å². The molecule has 14 heteroatoms. The first kappa shape index (κ1) is 28.9. The van der Waals surface area contributed by atoms with Crippen LogP contribution in [0.3, 0.4) is 0 Å². The lowest BCUT2D eigenvalue weighted by Crippen LogP contribution is -2.65. The van der Waals surface area contributed by atoms with Crippen LogP contribution in [0.5, 0.6) is 11.5 Å². The van der Waals surface area contributed by atoms with Crippen molar-refractivity contribution in [2.45, 2.75) is 31.5 Å². The van der Waals surface area contributed by atoms with Crippen LogP contribution >= 0.6 is 11.3 Å². The fourth-order valence-corrected chi connectivity index (χ4v) is 6.37. The molecule has 3 aliphatic rings. The summed E-state index contributed by atoms with van der Waals surface area (Å²) in [5.41, 5.74) is 2.69. The highest BCUT2D eigenvalue weighted by Crippen LogP contribution is 2.39. The molecule has 0 aliphatic carbocycles. The number of carbonyl (C=O) groups is 3. The number of pyridine rings is 2. The maximum absolute atomic E-state index is 15.1. The summed E-state index contributed by atoms with van der Waals surface area (Å²) in [5, 5.41) is 8.27. The lowest BCUT2D eigenvalue weighted by Gasteiger charge is -2.40. The van der Waals surface area contributed by atoms with Crippen molar-refractivity contribution in [3.8, 4) is 22.1 Å². The average molecular weight is 632 g/mol. The molecule has 12 nitrogen and oxygen atoms in total. The van der Waals surface area contributed by atoms with E-state index in [0.717, 1.165) is 33.8 Å². The first-order valence-electron chi connectivity index (χ1n) is 14.7. The molecule has 7 rings (SSSR count). The Morgan fingerprint density at radius 1 is 1.04 bits per heavy atom. The molecule has 45 heavy (non-hydrogen) atoms. The largest absolute Gasteiger partial charge is 0.453 e. The van der Waals surface area contributed by atoms with Crippen molar-refractivity contribution in [2.75, 3.05) is 38.2 Å². The van der Waals surface area contributed by atoms with Crippen molar-refractivity contribution in [2.24, 2.45) is 0 Å². The van der Waals surface area contributed by atoms with E-state index in [1.54, 1.807) is 29.4 Å². The number of amides is 5. The molecular formula is C31H30FN7O5S. The van der Waals surface area contributed by atoms with E-state index in [9.17, 15) is 14.4 Å². The predicted octanol–water partition coefficient (Wildman–Crippen LogP) is 4.33. The molecule has 0 radical (unpaired) electrons. The normalized spacial score (nSPS) is 16.8. The number of nitrogens with zero attached hydrogens (tertiary/aromatic N) is 4. The van der Waals surface area contributed by atoms with Gasteiger partial charge in [0.1, 0.15) is 5.75 Å². The van der Waals surface area contributed by atoms with Gasteiger partial charge in [0.2, 0.25) is 5.91 Å². The Morgan fingerprint density at radius 2 is 1.91 bits per heavy atom. The van der Waals surface area contributed by atoms with E-state index in [2.05, 4.69) is 25.9 Å². The monoisotopic (exact) mass is 631 g/mol. The Hall–Kier alpha value is -4.82. The Kier molecular flexibility index (Phi) is 7.90. The first-order valence-corrected chi connectivity index (χ1v) is 15.5. The van der Waals surface area contributed by atoms with Crippen LogP contribution in [-0.2, 0) is 16.1 Å². The standard InChI is InChI=1S/C31H30FN7O5S/c32-22-10-19(35-30(41)36-20-14-39(15-20)31(42)37-21-16-43-17-21)4-6-25(22)44-26-7-8-33-24-11-27(45-29(24)26)23-5-3-18(12-34-23)13-38-9-1-2-28(38)40/h3-8,10-12,20-21H,1-2,9,13-17H2,(H,37,42)(H2,35,36,41). The van der Waals surface area contributed by atoms with Gasteiger partial charge in [0.15, 0.2) is 11.6 Å². The summed E-state index contributed by atoms with van der Waals surface area (Å²) in [6.45, 7) is 3.15. The molecule has 0 unspecified atom stereocenters. The number of rotatable bonds is 8. The van der Waals surface area contributed by atoms with Crippen LogP contribution in [0.1, 0.15) is 18.4 Å². The SMILES string of the molecule is O=C(Nc1ccc(Oc2ccnc3cc(-c4ccc(CN5CCCC5=O)cn4)sc23)c(F)c1)NC1CN(C(=O)NC2COC2)C1. The molecule has 0 atom stereocenters. The maximum atomic E-state index is 15.1. The summed E-state index contributed by atoms with van der Waals surface area (Å²) < 4.78 is 26.8. The molecule has 3 aliphatic heterocycles. The summed E-state index contributed by atoms with van der Waals surface area (Å²) in [7, 11) is 0. The molecule has 0 bridgehead atoms. The molecule has 3 N–H and O–H groups in total. The Labute approximate surface area is 261 Å². The van der Waals surface area contributed by atoms with Gasteiger partial charge in [-0.3, -0.25) is 14.8 Å². The summed E-state index contributed by atoms with van der Waals surface area (Å²) in [6.07, 6.45) is 4.88. The zero-order valence-electron chi connectivity index (χ0n) is 24.1. The number of hydrogen-bond donors (Lipinski definition) is 3. The Morgan fingerprint density at radius 3 is 2.62 bits per heavy atom. The third-order valence-electron chi connectivity index (χ3n) is 7.88. The van der Waals surface area contributed by atoms with Crippen LogP contribution < -0.4 is 20.7 Å². The van der Waals surface area contributed by atoms with Crippen molar-refractivity contribution in [1.29, 1.82) is 0 Å². The summed E-state index contributed by atoms with van der Waals surface area (Å²) in [6, 6.07) is 10.9. The molecule has 3 saturated heterocycles. The smallest absolute Gasteiger partial charge is 0.319 e. The third-order valence-corrected chi connectivity index (χ3v) is 9.04. The third kappa shape index (κ3) is 6.37. The molecule has 0 spiro atoms. The number of aromatic nitrogens is 2. The van der Waals surface area contributed by atoms with Gasteiger partial charge >= 0.3 is 12.1 Å². The van der Waals surface area contributed by atoms with Crippen molar-refractivity contribution >= 4 is 45.2 Å². The lowest BCUT2D eigenvalue weighted by molar-refractivity contribution is -0.128. The number of likely N-dealkylation sites (tertiary alicyclic amines) is 2. The topological polar surface area (TPSA) is 138 Å². The molecule has 4 aromatic rings. The molecule has 232 valence electrons. The van der Waals surface area contributed by atoms with Gasteiger partial charge in [-0.25, -0.2) is 14.0 Å². The van der Waals surface area contributed by atoms with Crippen molar-refractivity contribution in [3.63, 3.8) is 0 Å². The van der Waals surface area contributed by atoms with E-state index in [-0.39, 0.29) is 35.5 Å². The number of hydrogen-bond acceptors (Lipinski definition) is 8. The number of carbonyl (C=O) groups excluding carboxylic acids is 3. The van der Waals surface area contributed by atoms with E-state index in [1.807, 2.05) is 23.1 Å². The van der Waals surface area contributed by atoms with Gasteiger partial charge in [-0.15, -0.1) is 11.3 Å². The zero-order chi connectivity index (χ0) is 30.9. The van der Waals surface area contributed by atoms with Gasteiger partial charge in [-0.05, 0) is 36.2 Å². The van der Waals surface area contributed by atoms with E-state index in [0.29, 0.717) is 50.5 Å². The van der Waals surface area contributed by atoms with Crippen molar-refractivity contribution in [3.05, 3.63) is 66.2 Å². The highest BCUT2D eigenvalue weighted by Gasteiger charge is 2.33. The minimum absolute atomic E-state index is 0.000134. The molecule has 3 aromatic heterocycles. The molecule has 6 heterocycles. The number of halogens is 1. The Balaban J connectivity index is 0.956. The molecule has 1 aromatic carbocycles. The van der Waals surface area contributed by atoms with Gasteiger partial charge in [-0.2, -0.15) is 0 Å². The maximum Gasteiger partial charge on any atom is 0.319 e. The number of nitrogens with one attached hydrogen (secondary N) is 3. The second-order valence-electron chi connectivity index (χ2n) is 11.2. The van der Waals surface area contributed by atoms with Gasteiger partial charge in [0.05, 0.1) is 46.1 Å². The lowest BCUT2D eigenvalue weighted by atomic mass is 10.1. The van der Waals surface area contributed by atoms with E-state index >= 15 is 4.39 Å². The van der Waals surface area contributed by atoms with Crippen LogP contribution in [0.15, 0.2) is 54.9 Å². The number of benzene rings is 1. The molecule has 5 amide bonds. The Bertz CT molecular complexity index is 1760. The van der Waals surface area contributed by atoms with Gasteiger partial charge < -0.3 is 35.2 Å². The number of urea groups is 2. The van der Waals surface area contributed by atoms with Gasteiger partial charge in [-0.1, -0.05) is 6.07 Å². The zero-order valence-corrected chi connectivity index (χ0v) is 24.9. The van der Waals surface area contributed by atoms with E-state index < -0.39 is 11.8 Å². The number of anilines is 1. The highest BCUT2D eigenvalue weighted by atomic mass is 32.1. The van der Waals surface area contributed by atoms with E-state index in [1.165, 1.54) is 23.5 Å². The summed E-state index contributed by atoms with van der Waals surface area (Å²) >= 11 is 1.44. The van der Waals surface area contributed by atoms with Crippen molar-refractivity contribution < 1.29 is 28.2 Å². The van der Waals surface area contributed by atoms with Crippen LogP contribution in [-0.4, -0.2) is 82.7 Å². The fourth-order valence-electron chi connectivity index (χ4n) is 5.33. The predicted molar refractivity (Wildman–Crippen MR) is 165 cm³/mol. The van der Waals surface area contributed by atoms with Gasteiger partial charge in [0.25, 0.3) is 0 Å². The van der Waals surface area contributed by atoms with Crippen LogP contribution in [0.25, 0.3) is 20.8 Å². The number of fused-ring (bicyclic) bond motifs is 1. The first-order chi connectivity index (χ1) is 21.9. The van der Waals surface area contributed by atoms with Crippen LogP contribution in [0, 0.1) is 5.82 Å². The quantitative estimate of drug-likeness (QED) is 0.263. The fraction of sp³-hybridized carbons (Fsp3) is 0.323. The number of ether oxygens (including phenoxy) is 2. The molecule has 0 saturated carbocycles. The molecule has 3 fully saturated rings. The summed E-state index contributed by atoms with van der Waals surface area (Å²) in [5.74, 6) is -0.0227. The second-order valence-corrected chi connectivity index (χ2v) is 12.3. The average Bonchev–Trinajstić information content (AvgIpc) is 3.61. The minimum Gasteiger partial charge on any atom is -0.453 e. The summed E-state index contributed by atoms with van der Waals surface area (Å²) in [4.78, 5) is 49.9. The second kappa shape index (κ2) is 12.3. The minimum atomic E-state index is -0.644. The highest BCUT2D eigenvalue weighted by molar-refractivity contribution is 7.22. The van der Waals surface area contributed by atoms with E-state index in [4.69, 9.17) is 9.47 Å². The molecular weight excluding hydrogens is 601 g/mol. The van der Waals surface area contributed by atoms with Crippen LogP contribution in [0.2, 0.25) is 0 Å². The number of thiophene rings is 1.